The Balaban J connectivity index is 1.98. The molecule has 2 heterocycles. The first-order valence-corrected chi connectivity index (χ1v) is 10.5. The quantitative estimate of drug-likeness (QED) is 0.624. The molecule has 160 valence electrons. The van der Waals surface area contributed by atoms with Crippen LogP contribution in [-0.2, 0) is 23.2 Å². The third-order valence-electron chi connectivity index (χ3n) is 7.10. The van der Waals surface area contributed by atoms with E-state index in [1.165, 1.54) is 0 Å². The molecule has 1 aromatic heterocycles. The second-order valence-corrected chi connectivity index (χ2v) is 9.28. The fraction of sp³-hybridized carbons (Fsp3) is 0.360. The third kappa shape index (κ3) is 3.09. The Hall–Kier alpha value is -3.28. The second-order valence-electron chi connectivity index (χ2n) is 9.28. The van der Waals surface area contributed by atoms with Gasteiger partial charge in [0.2, 0.25) is 5.91 Å². The molecule has 0 unspecified atom stereocenters. The Labute approximate surface area is 182 Å². The van der Waals surface area contributed by atoms with E-state index >= 15 is 0 Å². The smallest absolute Gasteiger partial charge is 0.233 e. The summed E-state index contributed by atoms with van der Waals surface area (Å²) in [6.45, 7) is 9.36. The predicted octanol–water partition coefficient (Wildman–Crippen LogP) is 4.64. The number of ketones is 1. The number of hydrogen-bond acceptors (Lipinski definition) is 4. The van der Waals surface area contributed by atoms with Gasteiger partial charge in [0.05, 0.1) is 23.3 Å². The molecule has 2 aromatic carbocycles. The SMILES string of the molecule is CC(=O)C(C)(C)C(C)(C)C(=O)N1Cc2ccccc2-c2nnn(C)c2-c2ccccc21. The highest BCUT2D eigenvalue weighted by molar-refractivity contribution is 6.05. The summed E-state index contributed by atoms with van der Waals surface area (Å²) >= 11 is 0. The summed E-state index contributed by atoms with van der Waals surface area (Å²) in [5, 5.41) is 8.72. The first kappa shape index (κ1) is 21.0. The summed E-state index contributed by atoms with van der Waals surface area (Å²) in [5.41, 5.74) is 3.58. The van der Waals surface area contributed by atoms with E-state index in [4.69, 9.17) is 0 Å². The van der Waals surface area contributed by atoms with Crippen LogP contribution in [0.15, 0.2) is 48.5 Å². The second kappa shape index (κ2) is 7.15. The zero-order chi connectivity index (χ0) is 22.6. The van der Waals surface area contributed by atoms with Crippen LogP contribution in [0.2, 0.25) is 0 Å². The van der Waals surface area contributed by atoms with Crippen LogP contribution >= 0.6 is 0 Å². The Morgan fingerprint density at radius 1 is 0.903 bits per heavy atom. The van der Waals surface area contributed by atoms with Crippen LogP contribution in [0.3, 0.4) is 0 Å². The molecule has 3 aromatic rings. The maximum Gasteiger partial charge on any atom is 0.233 e. The molecule has 0 spiro atoms. The third-order valence-corrected chi connectivity index (χ3v) is 7.10. The fourth-order valence-electron chi connectivity index (χ4n) is 4.12. The topological polar surface area (TPSA) is 68.1 Å². The minimum Gasteiger partial charge on any atom is -0.307 e. The molecule has 0 N–H and O–H groups in total. The number of anilines is 1. The standard InChI is InChI=1S/C25H28N4O2/c1-16(30)24(2,3)25(4,5)23(31)29-15-17-11-7-8-12-18(17)21-22(28(6)27-26-21)19-13-9-10-14-20(19)29/h7-14H,15H2,1-6H3. The summed E-state index contributed by atoms with van der Waals surface area (Å²) in [4.78, 5) is 28.3. The maximum atomic E-state index is 14.1. The molecule has 1 aliphatic rings. The average molecular weight is 417 g/mol. The normalized spacial score (nSPS) is 13.5. The molecule has 0 fully saturated rings. The van der Waals surface area contributed by atoms with Crippen molar-refractivity contribution in [2.24, 2.45) is 17.9 Å². The van der Waals surface area contributed by atoms with Crippen molar-refractivity contribution in [1.29, 1.82) is 0 Å². The summed E-state index contributed by atoms with van der Waals surface area (Å²) < 4.78 is 1.75. The van der Waals surface area contributed by atoms with Gasteiger partial charge in [0.1, 0.15) is 11.5 Å². The molecule has 0 radical (unpaired) electrons. The number of benzene rings is 2. The van der Waals surface area contributed by atoms with Gasteiger partial charge >= 0.3 is 0 Å². The number of aromatic nitrogens is 3. The van der Waals surface area contributed by atoms with E-state index in [1.54, 1.807) is 11.6 Å². The van der Waals surface area contributed by atoms with Crippen molar-refractivity contribution in [3.63, 3.8) is 0 Å². The Morgan fingerprint density at radius 2 is 1.52 bits per heavy atom. The van der Waals surface area contributed by atoms with Crippen LogP contribution in [0.4, 0.5) is 5.69 Å². The fourth-order valence-corrected chi connectivity index (χ4v) is 4.12. The number of Topliss-reactive ketones (excluding diaryl/α,β-unsaturated/α-hetero) is 1. The van der Waals surface area contributed by atoms with Crippen LogP contribution in [0.25, 0.3) is 22.5 Å². The highest BCUT2D eigenvalue weighted by atomic mass is 16.2. The van der Waals surface area contributed by atoms with E-state index in [0.717, 1.165) is 33.8 Å². The Morgan fingerprint density at radius 3 is 2.19 bits per heavy atom. The summed E-state index contributed by atoms with van der Waals surface area (Å²) in [5.74, 6) is -0.0989. The van der Waals surface area contributed by atoms with Crippen molar-refractivity contribution in [3.8, 4) is 22.5 Å². The number of carbonyl (C=O) groups is 2. The van der Waals surface area contributed by atoms with Crippen LogP contribution < -0.4 is 4.90 Å². The monoisotopic (exact) mass is 416 g/mol. The van der Waals surface area contributed by atoms with E-state index in [0.29, 0.717) is 6.54 Å². The predicted molar refractivity (Wildman–Crippen MR) is 121 cm³/mol. The zero-order valence-electron chi connectivity index (χ0n) is 18.9. The van der Waals surface area contributed by atoms with Crippen molar-refractivity contribution in [2.45, 2.75) is 41.2 Å². The van der Waals surface area contributed by atoms with Gasteiger partial charge in [-0.15, -0.1) is 5.10 Å². The van der Waals surface area contributed by atoms with Gasteiger partial charge in [0.25, 0.3) is 0 Å². The van der Waals surface area contributed by atoms with Gasteiger partial charge < -0.3 is 4.90 Å². The molecule has 0 bridgehead atoms. The zero-order valence-corrected chi connectivity index (χ0v) is 18.9. The molecular formula is C25H28N4O2. The molecule has 4 rings (SSSR count). The molecule has 6 nitrogen and oxygen atoms in total. The minimum absolute atomic E-state index is 0.00954. The lowest BCUT2D eigenvalue weighted by Gasteiger charge is -2.42. The number of aryl methyl sites for hydroxylation is 1. The van der Waals surface area contributed by atoms with Crippen LogP contribution in [-0.4, -0.2) is 26.7 Å². The van der Waals surface area contributed by atoms with Gasteiger partial charge in [0.15, 0.2) is 0 Å². The summed E-state index contributed by atoms with van der Waals surface area (Å²) in [6.07, 6.45) is 0. The summed E-state index contributed by atoms with van der Waals surface area (Å²) in [6, 6.07) is 15.8. The first-order valence-electron chi connectivity index (χ1n) is 10.5. The van der Waals surface area contributed by atoms with Gasteiger partial charge in [-0.2, -0.15) is 0 Å². The van der Waals surface area contributed by atoms with Crippen molar-refractivity contribution >= 4 is 17.4 Å². The molecule has 0 saturated heterocycles. The van der Waals surface area contributed by atoms with E-state index < -0.39 is 10.8 Å². The van der Waals surface area contributed by atoms with E-state index in [2.05, 4.69) is 10.3 Å². The van der Waals surface area contributed by atoms with E-state index in [-0.39, 0.29) is 11.7 Å². The molecule has 1 amide bonds. The number of nitrogens with zero attached hydrogens (tertiary/aromatic N) is 4. The van der Waals surface area contributed by atoms with Gasteiger partial charge in [0, 0.05) is 23.6 Å². The van der Waals surface area contributed by atoms with Gasteiger partial charge in [-0.25, -0.2) is 4.68 Å². The molecule has 6 heteroatoms. The van der Waals surface area contributed by atoms with Crippen molar-refractivity contribution in [1.82, 2.24) is 15.0 Å². The van der Waals surface area contributed by atoms with Crippen molar-refractivity contribution < 1.29 is 9.59 Å². The molecular weight excluding hydrogens is 388 g/mol. The molecule has 1 aliphatic heterocycles. The molecule has 0 aliphatic carbocycles. The number of rotatable bonds is 3. The van der Waals surface area contributed by atoms with E-state index in [1.807, 2.05) is 88.2 Å². The lowest BCUT2D eigenvalue weighted by Crippen LogP contribution is -2.51. The van der Waals surface area contributed by atoms with Crippen LogP contribution in [0.1, 0.15) is 40.2 Å². The minimum atomic E-state index is -0.909. The molecule has 31 heavy (non-hydrogen) atoms. The van der Waals surface area contributed by atoms with Crippen molar-refractivity contribution in [3.05, 3.63) is 54.1 Å². The number of carbonyl (C=O) groups excluding carboxylic acids is 2. The van der Waals surface area contributed by atoms with E-state index in [9.17, 15) is 9.59 Å². The van der Waals surface area contributed by atoms with Crippen LogP contribution in [0, 0.1) is 10.8 Å². The number of hydrogen-bond donors (Lipinski definition) is 0. The Kier molecular flexibility index (Phi) is 4.84. The average Bonchev–Trinajstić information content (AvgIpc) is 3.11. The lowest BCUT2D eigenvalue weighted by atomic mass is 9.65. The largest absolute Gasteiger partial charge is 0.307 e. The Bertz CT molecular complexity index is 1190. The van der Waals surface area contributed by atoms with Crippen LogP contribution in [0.5, 0.6) is 0 Å². The van der Waals surface area contributed by atoms with Gasteiger partial charge in [-0.3, -0.25) is 9.59 Å². The maximum absolute atomic E-state index is 14.1. The highest BCUT2D eigenvalue weighted by Crippen LogP contribution is 2.45. The number of amides is 1. The van der Waals surface area contributed by atoms with Crippen molar-refractivity contribution in [2.75, 3.05) is 4.90 Å². The lowest BCUT2D eigenvalue weighted by molar-refractivity contribution is -0.143. The van der Waals surface area contributed by atoms with Gasteiger partial charge in [-0.05, 0) is 18.6 Å². The number of para-hydroxylation sites is 1. The van der Waals surface area contributed by atoms with Gasteiger partial charge in [-0.1, -0.05) is 75.4 Å². The molecule has 0 atom stereocenters. The number of fused-ring (bicyclic) bond motifs is 5. The highest BCUT2D eigenvalue weighted by Gasteiger charge is 2.49. The summed E-state index contributed by atoms with van der Waals surface area (Å²) in [7, 11) is 1.86. The molecule has 0 saturated carbocycles. The first-order chi connectivity index (χ1) is 14.6.